The van der Waals surface area contributed by atoms with E-state index in [9.17, 15) is 9.59 Å². The highest BCUT2D eigenvalue weighted by molar-refractivity contribution is 6.05. The number of aromatic nitrogens is 2. The number of carbonyl (C=O) groups excluding carboxylic acids is 2. The third-order valence-corrected chi connectivity index (χ3v) is 6.55. The number of carbonyl (C=O) groups is 2. The molecule has 7 nitrogen and oxygen atoms in total. The van der Waals surface area contributed by atoms with Crippen LogP contribution in [0.1, 0.15) is 75.8 Å². The van der Waals surface area contributed by atoms with Crippen LogP contribution in [0.5, 0.6) is 0 Å². The molecule has 0 radical (unpaired) electrons. The first-order valence-corrected chi connectivity index (χ1v) is 12.4. The second-order valence-corrected chi connectivity index (χ2v) is 9.77. The lowest BCUT2D eigenvalue weighted by molar-refractivity contribution is 0.0712. The number of aryl methyl sites for hydroxylation is 1. The van der Waals surface area contributed by atoms with Crippen molar-refractivity contribution in [3.05, 3.63) is 88.5 Å². The van der Waals surface area contributed by atoms with Crippen LogP contribution in [-0.4, -0.2) is 39.8 Å². The van der Waals surface area contributed by atoms with Gasteiger partial charge in [0.05, 0.1) is 11.1 Å². The number of nitrogens with zero attached hydrogens (tertiary/aromatic N) is 4. The Kier molecular flexibility index (Phi) is 7.74. The minimum atomic E-state index is -0.248. The minimum absolute atomic E-state index is 0.0450. The molecule has 0 bridgehead atoms. The van der Waals surface area contributed by atoms with E-state index in [0.717, 1.165) is 36.2 Å². The molecule has 36 heavy (non-hydrogen) atoms. The molecule has 3 heterocycles. The Morgan fingerprint density at radius 2 is 1.81 bits per heavy atom. The highest BCUT2D eigenvalue weighted by Gasteiger charge is 2.25. The van der Waals surface area contributed by atoms with Gasteiger partial charge in [0, 0.05) is 54.0 Å². The van der Waals surface area contributed by atoms with Gasteiger partial charge in [0.2, 0.25) is 0 Å². The first-order valence-electron chi connectivity index (χ1n) is 12.4. The van der Waals surface area contributed by atoms with E-state index in [1.165, 1.54) is 0 Å². The van der Waals surface area contributed by atoms with Crippen molar-refractivity contribution in [3.8, 4) is 6.07 Å². The minimum Gasteiger partial charge on any atom is -0.339 e. The van der Waals surface area contributed by atoms with Crippen molar-refractivity contribution >= 4 is 17.5 Å². The molecule has 0 saturated carbocycles. The van der Waals surface area contributed by atoms with Crippen molar-refractivity contribution in [2.24, 2.45) is 5.92 Å². The van der Waals surface area contributed by atoms with Crippen LogP contribution in [0.15, 0.2) is 54.9 Å². The average molecular weight is 482 g/mol. The predicted octanol–water partition coefficient (Wildman–Crippen LogP) is 5.13. The number of nitriles is 1. The average Bonchev–Trinajstić information content (AvgIpc) is 2.89. The maximum Gasteiger partial charge on any atom is 0.257 e. The monoisotopic (exact) mass is 481 g/mol. The zero-order valence-electron chi connectivity index (χ0n) is 21.0. The zero-order valence-corrected chi connectivity index (χ0v) is 21.0. The number of hydrogen-bond donors (Lipinski definition) is 1. The third-order valence-electron chi connectivity index (χ3n) is 6.55. The first kappa shape index (κ1) is 25.1. The van der Waals surface area contributed by atoms with Gasteiger partial charge in [0.1, 0.15) is 6.07 Å². The number of likely N-dealkylation sites (tertiary alicyclic amines) is 1. The van der Waals surface area contributed by atoms with Gasteiger partial charge in [-0.15, -0.1) is 0 Å². The van der Waals surface area contributed by atoms with Crippen LogP contribution in [0.2, 0.25) is 0 Å². The van der Waals surface area contributed by atoms with Crippen molar-refractivity contribution in [1.82, 2.24) is 14.9 Å². The Morgan fingerprint density at radius 1 is 1.06 bits per heavy atom. The number of amides is 2. The molecule has 7 heteroatoms. The Morgan fingerprint density at radius 3 is 2.42 bits per heavy atom. The number of nitrogens with one attached hydrogen (secondary N) is 1. The van der Waals surface area contributed by atoms with E-state index in [1.54, 1.807) is 30.6 Å². The lowest BCUT2D eigenvalue weighted by atomic mass is 9.92. The van der Waals surface area contributed by atoms with E-state index in [1.807, 2.05) is 36.1 Å². The zero-order chi connectivity index (χ0) is 25.7. The molecule has 0 aliphatic carbocycles. The molecule has 1 aromatic carbocycles. The maximum atomic E-state index is 13.2. The fourth-order valence-corrected chi connectivity index (χ4v) is 4.46. The number of rotatable bonds is 6. The highest BCUT2D eigenvalue weighted by Crippen LogP contribution is 2.28. The number of anilines is 1. The number of hydrogen-bond acceptors (Lipinski definition) is 5. The number of piperidine rings is 1. The SMILES string of the molecule is Cc1ccc(C(=O)N2CCC(c3ccc(C#N)cn3)CC2)cc1NC(=O)c1ccc(CC(C)C)nc1. The lowest BCUT2D eigenvalue weighted by Gasteiger charge is -2.32. The van der Waals surface area contributed by atoms with Gasteiger partial charge in [-0.1, -0.05) is 19.9 Å². The van der Waals surface area contributed by atoms with Crippen molar-refractivity contribution in [2.45, 2.75) is 46.0 Å². The fraction of sp³-hybridized carbons (Fsp3) is 0.345. The van der Waals surface area contributed by atoms with E-state index in [-0.39, 0.29) is 17.7 Å². The molecule has 1 aliphatic rings. The summed E-state index contributed by atoms with van der Waals surface area (Å²) in [5.74, 6) is 0.479. The molecule has 1 fully saturated rings. The summed E-state index contributed by atoms with van der Waals surface area (Å²) >= 11 is 0. The number of benzene rings is 1. The molecule has 1 aliphatic heterocycles. The summed E-state index contributed by atoms with van der Waals surface area (Å²) in [4.78, 5) is 36.7. The Labute approximate surface area is 212 Å². The summed E-state index contributed by atoms with van der Waals surface area (Å²) in [6, 6.07) is 14.9. The van der Waals surface area contributed by atoms with Crippen LogP contribution in [0, 0.1) is 24.2 Å². The summed E-state index contributed by atoms with van der Waals surface area (Å²) in [5, 5.41) is 11.9. The van der Waals surface area contributed by atoms with Crippen LogP contribution in [0.4, 0.5) is 5.69 Å². The summed E-state index contributed by atoms with van der Waals surface area (Å²) in [5.41, 5.74) is 5.02. The Hall–Kier alpha value is -4.05. The summed E-state index contributed by atoms with van der Waals surface area (Å²) < 4.78 is 0. The molecule has 1 saturated heterocycles. The van der Waals surface area contributed by atoms with Gasteiger partial charge in [-0.05, 0) is 74.1 Å². The van der Waals surface area contributed by atoms with Crippen LogP contribution in [-0.2, 0) is 6.42 Å². The molecule has 0 spiro atoms. The van der Waals surface area contributed by atoms with Gasteiger partial charge in [-0.2, -0.15) is 5.26 Å². The van der Waals surface area contributed by atoms with E-state index < -0.39 is 0 Å². The third kappa shape index (κ3) is 5.95. The van der Waals surface area contributed by atoms with Gasteiger partial charge in [0.15, 0.2) is 0 Å². The molecule has 0 unspecified atom stereocenters. The smallest absolute Gasteiger partial charge is 0.257 e. The largest absolute Gasteiger partial charge is 0.339 e. The second kappa shape index (κ2) is 11.1. The fourth-order valence-electron chi connectivity index (χ4n) is 4.46. The molecule has 4 rings (SSSR count). The molecular formula is C29H31N5O2. The quantitative estimate of drug-likeness (QED) is 0.526. The van der Waals surface area contributed by atoms with Crippen molar-refractivity contribution in [3.63, 3.8) is 0 Å². The summed E-state index contributed by atoms with van der Waals surface area (Å²) in [7, 11) is 0. The Bertz CT molecular complexity index is 1270. The summed E-state index contributed by atoms with van der Waals surface area (Å²) in [6.45, 7) is 7.44. The predicted molar refractivity (Wildman–Crippen MR) is 139 cm³/mol. The topological polar surface area (TPSA) is 99.0 Å². The van der Waals surface area contributed by atoms with Crippen molar-refractivity contribution in [1.29, 1.82) is 5.26 Å². The highest BCUT2D eigenvalue weighted by atomic mass is 16.2. The van der Waals surface area contributed by atoms with E-state index in [2.05, 4.69) is 35.2 Å². The molecule has 0 atom stereocenters. The molecule has 2 amide bonds. The van der Waals surface area contributed by atoms with Crippen LogP contribution >= 0.6 is 0 Å². The van der Waals surface area contributed by atoms with Gasteiger partial charge < -0.3 is 10.2 Å². The normalized spacial score (nSPS) is 13.9. The standard InChI is InChI=1S/C29H31N5O2/c1-19(2)14-25-8-7-24(18-31-25)28(35)33-27-15-23(6-4-20(27)3)29(36)34-12-10-22(11-13-34)26-9-5-21(16-30)17-32-26/h4-9,15,17-19,22H,10-14H2,1-3H3,(H,33,35). The van der Waals surface area contributed by atoms with Crippen molar-refractivity contribution < 1.29 is 9.59 Å². The van der Waals surface area contributed by atoms with Gasteiger partial charge in [-0.25, -0.2) is 0 Å². The van der Waals surface area contributed by atoms with Crippen molar-refractivity contribution in [2.75, 3.05) is 18.4 Å². The lowest BCUT2D eigenvalue weighted by Crippen LogP contribution is -2.38. The van der Waals surface area contributed by atoms with Gasteiger partial charge in [-0.3, -0.25) is 19.6 Å². The molecule has 2 aromatic heterocycles. The second-order valence-electron chi connectivity index (χ2n) is 9.77. The molecule has 184 valence electrons. The van der Waals surface area contributed by atoms with E-state index >= 15 is 0 Å². The van der Waals surface area contributed by atoms with Gasteiger partial charge in [0.25, 0.3) is 11.8 Å². The van der Waals surface area contributed by atoms with Crippen LogP contribution in [0.25, 0.3) is 0 Å². The van der Waals surface area contributed by atoms with E-state index in [0.29, 0.717) is 41.4 Å². The first-order chi connectivity index (χ1) is 17.3. The Balaban J connectivity index is 1.39. The van der Waals surface area contributed by atoms with Gasteiger partial charge >= 0.3 is 0 Å². The molecule has 1 N–H and O–H groups in total. The molecular weight excluding hydrogens is 450 g/mol. The van der Waals surface area contributed by atoms with Crippen LogP contribution < -0.4 is 5.32 Å². The maximum absolute atomic E-state index is 13.2. The molecule has 3 aromatic rings. The van der Waals surface area contributed by atoms with E-state index in [4.69, 9.17) is 5.26 Å². The van der Waals surface area contributed by atoms with Crippen LogP contribution in [0.3, 0.4) is 0 Å². The summed E-state index contributed by atoms with van der Waals surface area (Å²) in [6.07, 6.45) is 5.71. The number of pyridine rings is 2.